The van der Waals surface area contributed by atoms with Crippen molar-refractivity contribution in [1.29, 1.82) is 5.26 Å². The Morgan fingerprint density at radius 3 is 2.73 bits per heavy atom. The third kappa shape index (κ3) is 5.18. The van der Waals surface area contributed by atoms with Gasteiger partial charge < -0.3 is 26.2 Å². The predicted octanol–water partition coefficient (Wildman–Crippen LogP) is 3.20. The number of nitrogens with zero attached hydrogens (tertiary/aromatic N) is 5. The highest BCUT2D eigenvalue weighted by Gasteiger charge is 2.32. The average molecular weight is 554 g/mol. The number of halogens is 1. The fourth-order valence-electron chi connectivity index (χ4n) is 5.28. The van der Waals surface area contributed by atoms with Gasteiger partial charge in [0.25, 0.3) is 5.91 Å². The van der Waals surface area contributed by atoms with Crippen LogP contribution in [0.1, 0.15) is 28.0 Å². The van der Waals surface area contributed by atoms with Crippen LogP contribution in [0.25, 0.3) is 33.6 Å². The minimum atomic E-state index is -0.832. The molecule has 2 aromatic heterocycles. The van der Waals surface area contributed by atoms with Crippen molar-refractivity contribution in [3.8, 4) is 45.5 Å². The number of amides is 1. The van der Waals surface area contributed by atoms with E-state index in [0.717, 1.165) is 0 Å². The number of aliphatic hydroxyl groups excluding tert-OH is 1. The zero-order valence-electron chi connectivity index (χ0n) is 22.5. The summed E-state index contributed by atoms with van der Waals surface area (Å²) in [7, 11) is 1.41. The molecule has 208 valence electrons. The smallest absolute Gasteiger partial charge is 0.268 e. The van der Waals surface area contributed by atoms with Gasteiger partial charge in [0.15, 0.2) is 5.82 Å². The Morgan fingerprint density at radius 1 is 1.22 bits per heavy atom. The molecule has 1 saturated heterocycles. The van der Waals surface area contributed by atoms with Crippen molar-refractivity contribution < 1.29 is 19.0 Å². The van der Waals surface area contributed by atoms with Gasteiger partial charge in [-0.15, -0.1) is 0 Å². The zero-order chi connectivity index (χ0) is 29.3. The van der Waals surface area contributed by atoms with E-state index in [1.165, 1.54) is 19.4 Å². The van der Waals surface area contributed by atoms with Crippen molar-refractivity contribution >= 4 is 11.6 Å². The van der Waals surface area contributed by atoms with Crippen LogP contribution in [0.4, 0.5) is 10.1 Å². The molecule has 1 aliphatic rings. The number of benzene rings is 2. The van der Waals surface area contributed by atoms with Gasteiger partial charge in [-0.25, -0.2) is 14.4 Å². The summed E-state index contributed by atoms with van der Waals surface area (Å²) in [6.45, 7) is 2.03. The summed E-state index contributed by atoms with van der Waals surface area (Å²) >= 11 is 0. The van der Waals surface area contributed by atoms with Crippen molar-refractivity contribution in [2.45, 2.75) is 25.4 Å². The number of carbonyl (C=O) groups excluding carboxylic acids is 1. The van der Waals surface area contributed by atoms with Crippen LogP contribution < -0.4 is 21.1 Å². The Kier molecular flexibility index (Phi) is 7.61. The SMILES string of the molecule is COc1cc(C)cc(F)c1-c1ncc(-c2ccc(-c3cnccc3C#N)cc2N2C[C@@H](N)C[C@H]2CO)c(C(N)=O)n1. The van der Waals surface area contributed by atoms with Gasteiger partial charge >= 0.3 is 0 Å². The van der Waals surface area contributed by atoms with E-state index in [1.807, 2.05) is 11.0 Å². The number of hydrogen-bond acceptors (Lipinski definition) is 9. The quantitative estimate of drug-likeness (QED) is 0.312. The Bertz CT molecular complexity index is 1690. The molecule has 0 bridgehead atoms. The third-order valence-electron chi connectivity index (χ3n) is 7.17. The molecule has 0 aliphatic carbocycles. The number of hydrogen-bond donors (Lipinski definition) is 3. The van der Waals surface area contributed by atoms with E-state index in [1.54, 1.807) is 43.6 Å². The third-order valence-corrected chi connectivity index (χ3v) is 7.17. The number of nitrogens with two attached hydrogens (primary N) is 2. The minimum Gasteiger partial charge on any atom is -0.496 e. The van der Waals surface area contributed by atoms with Crippen LogP contribution in [-0.4, -0.2) is 58.3 Å². The molecule has 41 heavy (non-hydrogen) atoms. The molecule has 10 nitrogen and oxygen atoms in total. The van der Waals surface area contributed by atoms with E-state index in [0.29, 0.717) is 52.0 Å². The zero-order valence-corrected chi connectivity index (χ0v) is 22.5. The van der Waals surface area contributed by atoms with Crippen molar-refractivity contribution in [3.63, 3.8) is 0 Å². The maximum atomic E-state index is 15.0. The second-order valence-corrected chi connectivity index (χ2v) is 9.89. The molecule has 0 saturated carbocycles. The maximum Gasteiger partial charge on any atom is 0.268 e. The van der Waals surface area contributed by atoms with E-state index in [4.69, 9.17) is 16.2 Å². The summed E-state index contributed by atoms with van der Waals surface area (Å²) in [5.41, 5.74) is 15.9. The minimum absolute atomic E-state index is 0.00851. The monoisotopic (exact) mass is 553 g/mol. The van der Waals surface area contributed by atoms with Gasteiger partial charge in [-0.05, 0) is 48.7 Å². The van der Waals surface area contributed by atoms with E-state index in [9.17, 15) is 15.2 Å². The standard InChI is InChI=1S/C30H28FN7O3/c1-16-7-24(31)27(26(8-16)41-2)30-36-13-23(28(37-30)29(34)40)21-4-3-17(22-12-35-6-5-18(22)11-32)9-25(21)38-14-19(33)10-20(38)15-39/h3-9,12-13,19-20,39H,10,14-15,33H2,1-2H3,(H2,34,40)/t19-,20-/m0/s1. The molecule has 4 aromatic rings. The first-order valence-corrected chi connectivity index (χ1v) is 12.9. The summed E-state index contributed by atoms with van der Waals surface area (Å²) in [5, 5.41) is 19.8. The fraction of sp³-hybridized carbons (Fsp3) is 0.233. The number of nitriles is 1. The molecule has 0 radical (unpaired) electrons. The highest BCUT2D eigenvalue weighted by atomic mass is 19.1. The van der Waals surface area contributed by atoms with E-state index in [2.05, 4.69) is 21.0 Å². The Labute approximate surface area is 236 Å². The Morgan fingerprint density at radius 2 is 2.02 bits per heavy atom. The van der Waals surface area contributed by atoms with Crippen molar-refractivity contribution in [2.75, 3.05) is 25.2 Å². The molecule has 2 aromatic carbocycles. The predicted molar refractivity (Wildman–Crippen MR) is 151 cm³/mol. The van der Waals surface area contributed by atoms with Crippen LogP contribution in [0.15, 0.2) is 55.0 Å². The van der Waals surface area contributed by atoms with Crippen molar-refractivity contribution in [2.24, 2.45) is 11.5 Å². The lowest BCUT2D eigenvalue weighted by atomic mass is 9.95. The molecule has 1 aliphatic heterocycles. The van der Waals surface area contributed by atoms with Gasteiger partial charge in [-0.2, -0.15) is 5.26 Å². The first-order valence-electron chi connectivity index (χ1n) is 12.9. The Hall–Kier alpha value is -4.92. The molecule has 0 unspecified atom stereocenters. The highest BCUT2D eigenvalue weighted by Crippen LogP contribution is 2.40. The summed E-state index contributed by atoms with van der Waals surface area (Å²) in [4.78, 5) is 27.7. The molecule has 0 spiro atoms. The molecular weight excluding hydrogens is 525 g/mol. The summed E-state index contributed by atoms with van der Waals surface area (Å²) in [6.07, 6.45) is 5.13. The van der Waals surface area contributed by atoms with Crippen LogP contribution in [0.5, 0.6) is 5.75 Å². The Balaban J connectivity index is 1.72. The molecule has 3 heterocycles. The number of ether oxygens (including phenoxy) is 1. The number of methoxy groups -OCH3 is 1. The first kappa shape index (κ1) is 27.6. The largest absolute Gasteiger partial charge is 0.496 e. The van der Waals surface area contributed by atoms with Gasteiger partial charge in [-0.3, -0.25) is 9.78 Å². The van der Waals surface area contributed by atoms with Crippen LogP contribution in [0.3, 0.4) is 0 Å². The number of aryl methyl sites for hydroxylation is 1. The van der Waals surface area contributed by atoms with Crippen molar-refractivity contribution in [1.82, 2.24) is 15.0 Å². The normalized spacial score (nSPS) is 16.4. The summed E-state index contributed by atoms with van der Waals surface area (Å²) in [6, 6.07) is 11.7. The van der Waals surface area contributed by atoms with E-state index >= 15 is 4.39 Å². The van der Waals surface area contributed by atoms with Gasteiger partial charge in [-0.1, -0.05) is 12.1 Å². The molecule has 1 amide bonds. The summed E-state index contributed by atoms with van der Waals surface area (Å²) in [5.74, 6) is -1.27. The second-order valence-electron chi connectivity index (χ2n) is 9.89. The number of anilines is 1. The van der Waals surface area contributed by atoms with Gasteiger partial charge in [0.05, 0.1) is 37.0 Å². The van der Waals surface area contributed by atoms with Gasteiger partial charge in [0, 0.05) is 53.6 Å². The number of rotatable bonds is 7. The lowest BCUT2D eigenvalue weighted by Crippen LogP contribution is -2.33. The van der Waals surface area contributed by atoms with Crippen LogP contribution in [-0.2, 0) is 0 Å². The van der Waals surface area contributed by atoms with Crippen molar-refractivity contribution in [3.05, 3.63) is 77.6 Å². The summed E-state index contributed by atoms with van der Waals surface area (Å²) < 4.78 is 20.4. The fourth-order valence-corrected chi connectivity index (χ4v) is 5.28. The van der Waals surface area contributed by atoms with E-state index < -0.39 is 11.7 Å². The molecule has 5 rings (SSSR count). The second kappa shape index (κ2) is 11.3. The average Bonchev–Trinajstić information content (AvgIpc) is 3.36. The number of primary amides is 1. The number of aliphatic hydroxyl groups is 1. The molecule has 1 fully saturated rings. The first-order chi connectivity index (χ1) is 19.7. The number of aromatic nitrogens is 3. The van der Waals surface area contributed by atoms with Crippen LogP contribution in [0, 0.1) is 24.1 Å². The molecule has 11 heteroatoms. The van der Waals surface area contributed by atoms with Gasteiger partial charge in [0.1, 0.15) is 17.3 Å². The van der Waals surface area contributed by atoms with Gasteiger partial charge in [0.2, 0.25) is 0 Å². The van der Waals surface area contributed by atoms with Crippen LogP contribution in [0.2, 0.25) is 0 Å². The maximum absolute atomic E-state index is 15.0. The van der Waals surface area contributed by atoms with E-state index in [-0.39, 0.29) is 41.5 Å². The van der Waals surface area contributed by atoms with Crippen LogP contribution >= 0.6 is 0 Å². The number of carbonyl (C=O) groups is 1. The highest BCUT2D eigenvalue weighted by molar-refractivity contribution is 6.00. The topological polar surface area (TPSA) is 164 Å². The molecule has 2 atom stereocenters. The molecule has 5 N–H and O–H groups in total. The lowest BCUT2D eigenvalue weighted by Gasteiger charge is -2.28. The molecular formula is C30H28FN7O3. The number of pyridine rings is 1. The lowest BCUT2D eigenvalue weighted by molar-refractivity contribution is 0.0996.